The van der Waals surface area contributed by atoms with Crippen LogP contribution < -0.4 is 10.5 Å². The molecule has 0 spiro atoms. The van der Waals surface area contributed by atoms with Crippen LogP contribution in [0.5, 0.6) is 0 Å². The molecule has 2 aromatic carbocycles. The van der Waals surface area contributed by atoms with Gasteiger partial charge in [0.1, 0.15) is 0 Å². The van der Waals surface area contributed by atoms with Crippen molar-refractivity contribution in [2.45, 2.75) is 9.79 Å². The van der Waals surface area contributed by atoms with Gasteiger partial charge in [-0.05, 0) is 48.5 Å². The van der Waals surface area contributed by atoms with Crippen molar-refractivity contribution in [3.8, 4) is 0 Å². The van der Waals surface area contributed by atoms with E-state index in [9.17, 15) is 26.4 Å². The lowest BCUT2D eigenvalue weighted by molar-refractivity contribution is -0.119. The van der Waals surface area contributed by atoms with Gasteiger partial charge in [0, 0.05) is 18.8 Å². The second-order valence-electron chi connectivity index (χ2n) is 6.73. The molecule has 0 bridgehead atoms. The van der Waals surface area contributed by atoms with Crippen molar-refractivity contribution in [2.24, 2.45) is 5.14 Å². The highest BCUT2D eigenvalue weighted by molar-refractivity contribution is 7.89. The van der Waals surface area contributed by atoms with Gasteiger partial charge in [-0.2, -0.15) is 4.31 Å². The van der Waals surface area contributed by atoms with E-state index < -0.39 is 38.5 Å². The first kappa shape index (κ1) is 23.8. The summed E-state index contributed by atoms with van der Waals surface area (Å²) in [6.07, 6.45) is 0. The van der Waals surface area contributed by atoms with Crippen LogP contribution in [-0.2, 0) is 34.3 Å². The van der Waals surface area contributed by atoms with Crippen molar-refractivity contribution >= 4 is 37.6 Å². The third kappa shape index (κ3) is 5.89. The Kier molecular flexibility index (Phi) is 7.26. The first-order valence-corrected chi connectivity index (χ1v) is 12.3. The third-order valence-electron chi connectivity index (χ3n) is 4.50. The number of nitrogens with two attached hydrogens (primary N) is 1. The number of hydrogen-bond donors (Lipinski definition) is 2. The summed E-state index contributed by atoms with van der Waals surface area (Å²) in [5.74, 6) is -1.45. The number of primary sulfonamides is 1. The molecule has 1 aliphatic rings. The number of nitrogens with zero attached hydrogens (tertiary/aromatic N) is 1. The average Bonchev–Trinajstić information content (AvgIpc) is 2.78. The van der Waals surface area contributed by atoms with Gasteiger partial charge in [0.15, 0.2) is 6.61 Å². The lowest BCUT2D eigenvalue weighted by Gasteiger charge is -2.26. The smallest absolute Gasteiger partial charge is 0.338 e. The largest absolute Gasteiger partial charge is 0.452 e. The number of rotatable bonds is 7. The first-order chi connectivity index (χ1) is 15.1. The quantitative estimate of drug-likeness (QED) is 0.526. The molecule has 1 amide bonds. The minimum atomic E-state index is -3.85. The highest BCUT2D eigenvalue weighted by atomic mass is 32.2. The minimum Gasteiger partial charge on any atom is -0.452 e. The van der Waals surface area contributed by atoms with E-state index in [4.69, 9.17) is 14.6 Å². The van der Waals surface area contributed by atoms with E-state index in [-0.39, 0.29) is 34.1 Å². The monoisotopic (exact) mass is 483 g/mol. The summed E-state index contributed by atoms with van der Waals surface area (Å²) in [5, 5.41) is 7.45. The maximum atomic E-state index is 12.6. The number of esters is 1. The highest BCUT2D eigenvalue weighted by Crippen LogP contribution is 2.18. The number of carbonyl (C=O) groups is 2. The number of ether oxygens (including phenoxy) is 2. The number of benzene rings is 2. The molecule has 1 fully saturated rings. The normalized spacial score (nSPS) is 15.2. The van der Waals surface area contributed by atoms with Crippen molar-refractivity contribution in [3.05, 3.63) is 54.1 Å². The molecule has 1 saturated heterocycles. The number of hydrogen-bond acceptors (Lipinski definition) is 8. The summed E-state index contributed by atoms with van der Waals surface area (Å²) in [4.78, 5) is 24.1. The molecule has 0 unspecified atom stereocenters. The van der Waals surface area contributed by atoms with Crippen molar-refractivity contribution in [2.75, 3.05) is 38.2 Å². The second kappa shape index (κ2) is 9.75. The third-order valence-corrected chi connectivity index (χ3v) is 7.34. The molecule has 1 aliphatic heterocycles. The SMILES string of the molecule is NS(=O)(=O)c1ccc(NC(=O)COC(=O)c2ccc(S(=O)(=O)N3CCOCC3)cc2)cc1. The van der Waals surface area contributed by atoms with Gasteiger partial charge in [0.25, 0.3) is 5.91 Å². The molecule has 32 heavy (non-hydrogen) atoms. The predicted octanol–water partition coefficient (Wildman–Crippen LogP) is 0.150. The molecular weight excluding hydrogens is 462 g/mol. The molecule has 0 saturated carbocycles. The summed E-state index contributed by atoms with van der Waals surface area (Å²) < 4.78 is 59.0. The van der Waals surface area contributed by atoms with Crippen LogP contribution in [0.1, 0.15) is 10.4 Å². The van der Waals surface area contributed by atoms with Crippen LogP contribution in [0.4, 0.5) is 5.69 Å². The van der Waals surface area contributed by atoms with E-state index >= 15 is 0 Å². The number of amides is 1. The molecule has 1 heterocycles. The van der Waals surface area contributed by atoms with Crippen molar-refractivity contribution < 1.29 is 35.9 Å². The fourth-order valence-corrected chi connectivity index (χ4v) is 4.76. The fraction of sp³-hybridized carbons (Fsp3) is 0.263. The van der Waals surface area contributed by atoms with Crippen LogP contribution in [0.15, 0.2) is 58.3 Å². The van der Waals surface area contributed by atoms with E-state index in [0.29, 0.717) is 13.2 Å². The number of anilines is 1. The Hall–Kier alpha value is -2.84. The molecule has 3 N–H and O–H groups in total. The number of carbonyl (C=O) groups excluding carboxylic acids is 2. The summed E-state index contributed by atoms with van der Waals surface area (Å²) in [6.45, 7) is 0.561. The Morgan fingerprint density at radius 1 is 0.938 bits per heavy atom. The Labute approximate surface area is 185 Å². The van der Waals surface area contributed by atoms with Crippen LogP contribution in [0.2, 0.25) is 0 Å². The highest BCUT2D eigenvalue weighted by Gasteiger charge is 2.26. The fourth-order valence-electron chi connectivity index (χ4n) is 2.84. The summed E-state index contributed by atoms with van der Waals surface area (Å²) in [7, 11) is -7.53. The van der Waals surface area contributed by atoms with Crippen molar-refractivity contribution in [1.29, 1.82) is 0 Å². The van der Waals surface area contributed by atoms with Gasteiger partial charge in [-0.3, -0.25) is 4.79 Å². The lowest BCUT2D eigenvalue weighted by Crippen LogP contribution is -2.40. The van der Waals surface area contributed by atoms with Gasteiger partial charge >= 0.3 is 5.97 Å². The van der Waals surface area contributed by atoms with E-state index in [1.54, 1.807) is 0 Å². The maximum absolute atomic E-state index is 12.6. The van der Waals surface area contributed by atoms with Crippen LogP contribution in [0.25, 0.3) is 0 Å². The molecule has 13 heteroatoms. The summed E-state index contributed by atoms with van der Waals surface area (Å²) in [6, 6.07) is 10.3. The Bertz CT molecular complexity index is 1190. The predicted molar refractivity (Wildman–Crippen MR) is 113 cm³/mol. The van der Waals surface area contributed by atoms with E-state index in [2.05, 4.69) is 5.32 Å². The van der Waals surface area contributed by atoms with Crippen molar-refractivity contribution in [3.63, 3.8) is 0 Å². The van der Waals surface area contributed by atoms with Crippen LogP contribution in [0.3, 0.4) is 0 Å². The second-order valence-corrected chi connectivity index (χ2v) is 10.2. The molecule has 172 valence electrons. The Balaban J connectivity index is 1.55. The van der Waals surface area contributed by atoms with Crippen molar-refractivity contribution in [1.82, 2.24) is 4.31 Å². The van der Waals surface area contributed by atoms with Crippen LogP contribution >= 0.6 is 0 Å². The number of sulfonamides is 2. The molecule has 11 nitrogen and oxygen atoms in total. The average molecular weight is 484 g/mol. The maximum Gasteiger partial charge on any atom is 0.338 e. The molecule has 0 aliphatic carbocycles. The lowest BCUT2D eigenvalue weighted by atomic mass is 10.2. The first-order valence-electron chi connectivity index (χ1n) is 9.35. The number of nitrogens with one attached hydrogen (secondary N) is 1. The van der Waals surface area contributed by atoms with Gasteiger partial charge in [-0.15, -0.1) is 0 Å². The zero-order valence-electron chi connectivity index (χ0n) is 16.8. The zero-order chi connectivity index (χ0) is 23.4. The van der Waals surface area contributed by atoms with E-state index in [0.717, 1.165) is 0 Å². The summed E-state index contributed by atoms with van der Waals surface area (Å²) >= 11 is 0. The van der Waals surface area contributed by atoms with Crippen LogP contribution in [-0.4, -0.2) is 65.9 Å². The number of morpholine rings is 1. The Morgan fingerprint density at radius 2 is 1.50 bits per heavy atom. The van der Waals surface area contributed by atoms with Gasteiger partial charge in [0.05, 0.1) is 28.6 Å². The van der Waals surface area contributed by atoms with Gasteiger partial charge in [-0.25, -0.2) is 26.8 Å². The molecule has 0 aromatic heterocycles. The zero-order valence-corrected chi connectivity index (χ0v) is 18.4. The van der Waals surface area contributed by atoms with Gasteiger partial charge < -0.3 is 14.8 Å². The molecule has 2 aromatic rings. The summed E-state index contributed by atoms with van der Waals surface area (Å²) in [5.41, 5.74) is 0.368. The standard InChI is InChI=1S/C19H21N3O8S2/c20-31(25,26)16-7-3-15(4-8-16)21-18(23)13-30-19(24)14-1-5-17(6-2-14)32(27,28)22-9-11-29-12-10-22/h1-8H,9-13H2,(H,21,23)(H2,20,25,26). The molecule has 0 atom stereocenters. The molecule has 0 radical (unpaired) electrons. The molecule has 3 rings (SSSR count). The van der Waals surface area contributed by atoms with Gasteiger partial charge in [0.2, 0.25) is 20.0 Å². The topological polar surface area (TPSA) is 162 Å². The van der Waals surface area contributed by atoms with Crippen LogP contribution in [0, 0.1) is 0 Å². The van der Waals surface area contributed by atoms with E-state index in [1.807, 2.05) is 0 Å². The van der Waals surface area contributed by atoms with E-state index in [1.165, 1.54) is 52.8 Å². The minimum absolute atomic E-state index is 0.0385. The molecular formula is C19H21N3O8S2. The Morgan fingerprint density at radius 3 is 2.06 bits per heavy atom. The van der Waals surface area contributed by atoms with Gasteiger partial charge in [-0.1, -0.05) is 0 Å².